The summed E-state index contributed by atoms with van der Waals surface area (Å²) < 4.78 is 0. The van der Waals surface area contributed by atoms with Gasteiger partial charge < -0.3 is 10.2 Å². The standard InChI is InChI=1S/C29H50N2OS/c1-7-8-9-10-11-12-13-14-15-16-20-33-21-19-28(32)30-25-17-18-26-27(22-25)31(23(2)3)24(4)29(26,5)6/h17-18,22-24H,7-16,19-21H2,1-6H3,(H,30,32). The zero-order chi connectivity index (χ0) is 24.3. The van der Waals surface area contributed by atoms with E-state index in [1.54, 1.807) is 0 Å². The number of benzene rings is 1. The number of fused-ring (bicyclic) bond motifs is 1. The van der Waals surface area contributed by atoms with Crippen LogP contribution in [0.1, 0.15) is 118 Å². The number of nitrogens with one attached hydrogen (secondary N) is 1. The smallest absolute Gasteiger partial charge is 0.225 e. The van der Waals surface area contributed by atoms with Crippen LogP contribution >= 0.6 is 11.8 Å². The number of unbranched alkanes of at least 4 members (excludes halogenated alkanes) is 9. The lowest BCUT2D eigenvalue weighted by Crippen LogP contribution is -2.42. The second kappa shape index (κ2) is 14.3. The van der Waals surface area contributed by atoms with E-state index in [1.165, 1.54) is 81.2 Å². The molecule has 0 saturated carbocycles. The summed E-state index contributed by atoms with van der Waals surface area (Å²) in [7, 11) is 0. The van der Waals surface area contributed by atoms with Crippen molar-refractivity contribution in [3.8, 4) is 0 Å². The molecule has 1 atom stereocenters. The minimum absolute atomic E-state index is 0.118. The summed E-state index contributed by atoms with van der Waals surface area (Å²) in [6.45, 7) is 13.7. The molecule has 33 heavy (non-hydrogen) atoms. The molecule has 1 aromatic rings. The highest BCUT2D eigenvalue weighted by Crippen LogP contribution is 2.46. The average molecular weight is 475 g/mol. The van der Waals surface area contributed by atoms with Gasteiger partial charge in [-0.05, 0) is 50.6 Å². The van der Waals surface area contributed by atoms with Gasteiger partial charge in [0.1, 0.15) is 0 Å². The van der Waals surface area contributed by atoms with Crippen LogP contribution in [0.25, 0.3) is 0 Å². The molecule has 0 radical (unpaired) electrons. The van der Waals surface area contributed by atoms with E-state index in [-0.39, 0.29) is 11.3 Å². The molecule has 1 amide bonds. The lowest BCUT2D eigenvalue weighted by Gasteiger charge is -2.34. The van der Waals surface area contributed by atoms with Crippen molar-refractivity contribution in [2.24, 2.45) is 0 Å². The lowest BCUT2D eigenvalue weighted by molar-refractivity contribution is -0.115. The largest absolute Gasteiger partial charge is 0.365 e. The monoisotopic (exact) mass is 474 g/mol. The quantitative estimate of drug-likeness (QED) is 0.243. The van der Waals surface area contributed by atoms with Crippen LogP contribution < -0.4 is 10.2 Å². The van der Waals surface area contributed by atoms with E-state index >= 15 is 0 Å². The molecule has 188 valence electrons. The minimum Gasteiger partial charge on any atom is -0.365 e. The molecule has 0 bridgehead atoms. The number of thioether (sulfide) groups is 1. The number of rotatable bonds is 16. The normalized spacial score (nSPS) is 16.9. The van der Waals surface area contributed by atoms with Crippen LogP contribution in [0.4, 0.5) is 11.4 Å². The van der Waals surface area contributed by atoms with Crippen molar-refractivity contribution in [1.29, 1.82) is 0 Å². The molecule has 1 aromatic carbocycles. The van der Waals surface area contributed by atoms with Crippen LogP contribution in [0.5, 0.6) is 0 Å². The number of anilines is 2. The van der Waals surface area contributed by atoms with Crippen LogP contribution in [0.15, 0.2) is 18.2 Å². The fraction of sp³-hybridized carbons (Fsp3) is 0.759. The summed E-state index contributed by atoms with van der Waals surface area (Å²) in [6.07, 6.45) is 14.4. The Morgan fingerprint density at radius 2 is 1.61 bits per heavy atom. The summed E-state index contributed by atoms with van der Waals surface area (Å²) in [6, 6.07) is 7.35. The number of hydrogen-bond donors (Lipinski definition) is 1. The summed E-state index contributed by atoms with van der Waals surface area (Å²) in [4.78, 5) is 15.0. The number of hydrogen-bond acceptors (Lipinski definition) is 3. The van der Waals surface area contributed by atoms with E-state index in [1.807, 2.05) is 11.8 Å². The van der Waals surface area contributed by atoms with Gasteiger partial charge in [-0.3, -0.25) is 4.79 Å². The van der Waals surface area contributed by atoms with E-state index in [2.05, 4.69) is 70.0 Å². The van der Waals surface area contributed by atoms with E-state index < -0.39 is 0 Å². The molecule has 1 unspecified atom stereocenters. The van der Waals surface area contributed by atoms with E-state index in [9.17, 15) is 4.79 Å². The van der Waals surface area contributed by atoms with Crippen molar-refractivity contribution >= 4 is 29.0 Å². The average Bonchev–Trinajstić information content (AvgIpc) is 2.96. The number of amides is 1. The Bertz CT molecular complexity index is 716. The maximum Gasteiger partial charge on any atom is 0.225 e. The Hall–Kier alpha value is -1.16. The van der Waals surface area contributed by atoms with Crippen molar-refractivity contribution in [2.75, 3.05) is 21.7 Å². The Balaban J connectivity index is 1.61. The molecule has 1 N–H and O–H groups in total. The van der Waals surface area contributed by atoms with Crippen LogP contribution in [0, 0.1) is 0 Å². The number of carbonyl (C=O) groups excluding carboxylic acids is 1. The predicted molar refractivity (Wildman–Crippen MR) is 149 cm³/mol. The van der Waals surface area contributed by atoms with Gasteiger partial charge in [0.05, 0.1) is 0 Å². The molecule has 0 aromatic heterocycles. The van der Waals surface area contributed by atoms with Crippen LogP contribution in [0.3, 0.4) is 0 Å². The molecule has 0 aliphatic carbocycles. The molecule has 0 saturated heterocycles. The van der Waals surface area contributed by atoms with Gasteiger partial charge in [-0.2, -0.15) is 11.8 Å². The fourth-order valence-corrected chi connectivity index (χ4v) is 6.00. The first-order valence-corrected chi connectivity index (χ1v) is 14.7. The molecule has 3 nitrogen and oxygen atoms in total. The molecular weight excluding hydrogens is 424 g/mol. The van der Waals surface area contributed by atoms with Gasteiger partial charge in [0.2, 0.25) is 5.91 Å². The van der Waals surface area contributed by atoms with Crippen LogP contribution in [-0.4, -0.2) is 29.5 Å². The maximum absolute atomic E-state index is 12.5. The molecule has 1 aliphatic heterocycles. The zero-order valence-electron chi connectivity index (χ0n) is 22.3. The van der Waals surface area contributed by atoms with Crippen LogP contribution in [-0.2, 0) is 10.2 Å². The predicted octanol–water partition coefficient (Wildman–Crippen LogP) is 8.56. The highest BCUT2D eigenvalue weighted by atomic mass is 32.2. The number of nitrogens with zero attached hydrogens (tertiary/aromatic N) is 1. The first-order valence-electron chi connectivity index (χ1n) is 13.6. The topological polar surface area (TPSA) is 32.3 Å². The van der Waals surface area contributed by atoms with E-state index in [0.29, 0.717) is 18.5 Å². The Labute approximate surface area is 208 Å². The third-order valence-corrected chi connectivity index (χ3v) is 8.46. The summed E-state index contributed by atoms with van der Waals surface area (Å²) in [5.41, 5.74) is 3.70. The fourth-order valence-electron chi connectivity index (χ4n) is 5.06. The molecule has 1 heterocycles. The van der Waals surface area contributed by atoms with Gasteiger partial charge in [-0.1, -0.05) is 84.6 Å². The Kier molecular flexibility index (Phi) is 12.2. The van der Waals surface area contributed by atoms with Gasteiger partial charge in [-0.15, -0.1) is 0 Å². The molecule has 0 fully saturated rings. The molecule has 1 aliphatic rings. The molecule has 4 heteroatoms. The molecular formula is C29H50N2OS. The first kappa shape index (κ1) is 28.1. The van der Waals surface area contributed by atoms with E-state index in [0.717, 1.165) is 11.4 Å². The molecule has 2 rings (SSSR count). The summed E-state index contributed by atoms with van der Waals surface area (Å²) in [5, 5.41) is 3.14. The summed E-state index contributed by atoms with van der Waals surface area (Å²) in [5.74, 6) is 2.22. The van der Waals surface area contributed by atoms with Gasteiger partial charge in [0.15, 0.2) is 0 Å². The van der Waals surface area contributed by atoms with Crippen molar-refractivity contribution < 1.29 is 4.79 Å². The highest BCUT2D eigenvalue weighted by Gasteiger charge is 2.42. The van der Waals surface area contributed by atoms with Gasteiger partial charge in [-0.25, -0.2) is 0 Å². The maximum atomic E-state index is 12.5. The van der Waals surface area contributed by atoms with E-state index in [4.69, 9.17) is 0 Å². The molecule has 0 spiro atoms. The minimum atomic E-state index is 0.118. The Morgan fingerprint density at radius 3 is 2.21 bits per heavy atom. The number of carbonyl (C=O) groups is 1. The van der Waals surface area contributed by atoms with Gasteiger partial charge >= 0.3 is 0 Å². The zero-order valence-corrected chi connectivity index (χ0v) is 23.2. The second-order valence-electron chi connectivity index (χ2n) is 10.7. The van der Waals surface area contributed by atoms with Crippen molar-refractivity contribution in [1.82, 2.24) is 0 Å². The van der Waals surface area contributed by atoms with Crippen LogP contribution in [0.2, 0.25) is 0 Å². The third kappa shape index (κ3) is 8.53. The first-order chi connectivity index (χ1) is 15.8. The van der Waals surface area contributed by atoms with Gasteiger partial charge in [0.25, 0.3) is 0 Å². The van der Waals surface area contributed by atoms with Crippen molar-refractivity contribution in [3.63, 3.8) is 0 Å². The highest BCUT2D eigenvalue weighted by molar-refractivity contribution is 7.99. The van der Waals surface area contributed by atoms with Gasteiger partial charge in [0, 0.05) is 41.0 Å². The SMILES string of the molecule is CCCCCCCCCCCCSCCC(=O)Nc1ccc2c(c1)N(C(C)C)C(C)C2(C)C. The van der Waals surface area contributed by atoms with Crippen molar-refractivity contribution in [3.05, 3.63) is 23.8 Å². The third-order valence-electron chi connectivity index (χ3n) is 7.39. The summed E-state index contributed by atoms with van der Waals surface area (Å²) >= 11 is 1.92. The Morgan fingerprint density at radius 1 is 1.00 bits per heavy atom. The second-order valence-corrected chi connectivity index (χ2v) is 11.9. The van der Waals surface area contributed by atoms with Crippen molar-refractivity contribution in [2.45, 2.75) is 130 Å². The lowest BCUT2D eigenvalue weighted by atomic mass is 9.81.